The molecule has 0 unspecified atom stereocenters. The minimum Gasteiger partial charge on any atom is -0.456 e. The average Bonchev–Trinajstić information content (AvgIpc) is 3.87. The molecule has 0 spiro atoms. The molecule has 288 valence electrons. The lowest BCUT2D eigenvalue weighted by Gasteiger charge is -2.42. The standard InChI is InChI=1S/C54H47BN2OS/c1-52(2,3)30-16-18-31(19-17-30)56-43-28-41-40(53(4,5)22-23-54(41,6)7)24-36(43)34-20-21-35-37-27-47-38(32-12-8-10-14-46(32)58-47)25-44(37)57-45-26-39-33-13-9-11-15-48(33)59-49(39)29-42(45)55-50(34)51(35)57/h8-21,24-29,55-56H,22-23H2,1-7H3. The van der Waals surface area contributed by atoms with Crippen LogP contribution in [0.1, 0.15) is 78.0 Å². The fraction of sp³-hybridized carbons (Fsp3) is 0.222. The van der Waals surface area contributed by atoms with Crippen LogP contribution in [0.15, 0.2) is 126 Å². The van der Waals surface area contributed by atoms with Crippen LogP contribution < -0.4 is 16.2 Å². The van der Waals surface area contributed by atoms with Crippen LogP contribution in [-0.2, 0) is 16.2 Å². The van der Waals surface area contributed by atoms with E-state index in [4.69, 9.17) is 4.42 Å². The first-order chi connectivity index (χ1) is 28.3. The van der Waals surface area contributed by atoms with Crippen LogP contribution in [0.3, 0.4) is 0 Å². The molecule has 4 heterocycles. The maximum Gasteiger partial charge on any atom is 0.198 e. The summed E-state index contributed by atoms with van der Waals surface area (Å²) >= 11 is 1.91. The first-order valence-corrected chi connectivity index (χ1v) is 22.1. The molecule has 0 atom stereocenters. The van der Waals surface area contributed by atoms with Crippen LogP contribution in [0.25, 0.3) is 80.7 Å². The number of benzene rings is 7. The Kier molecular flexibility index (Phi) is 7.11. The molecule has 0 saturated carbocycles. The van der Waals surface area contributed by atoms with Crippen molar-refractivity contribution in [1.29, 1.82) is 0 Å². The summed E-state index contributed by atoms with van der Waals surface area (Å²) < 4.78 is 11.8. The van der Waals surface area contributed by atoms with Crippen LogP contribution >= 0.6 is 11.3 Å². The van der Waals surface area contributed by atoms with Crippen LogP contribution in [0.2, 0.25) is 0 Å². The normalized spacial score (nSPS) is 15.6. The van der Waals surface area contributed by atoms with E-state index < -0.39 is 0 Å². The molecule has 12 rings (SSSR count). The smallest absolute Gasteiger partial charge is 0.198 e. The molecular formula is C54H47BN2OS. The first-order valence-electron chi connectivity index (χ1n) is 21.3. The minimum absolute atomic E-state index is 0.0684. The van der Waals surface area contributed by atoms with E-state index >= 15 is 0 Å². The van der Waals surface area contributed by atoms with E-state index in [9.17, 15) is 0 Å². The summed E-state index contributed by atoms with van der Waals surface area (Å²) in [5, 5.41) is 11.5. The summed E-state index contributed by atoms with van der Waals surface area (Å²) in [5.41, 5.74) is 17.8. The summed E-state index contributed by atoms with van der Waals surface area (Å²) in [5.74, 6) is 0. The third kappa shape index (κ3) is 5.13. The molecule has 0 saturated heterocycles. The first kappa shape index (κ1) is 35.2. The van der Waals surface area contributed by atoms with E-state index in [1.165, 1.54) is 105 Å². The van der Waals surface area contributed by atoms with Gasteiger partial charge in [0.1, 0.15) is 11.2 Å². The van der Waals surface area contributed by atoms with Gasteiger partial charge in [0.25, 0.3) is 0 Å². The Bertz CT molecular complexity index is 3420. The number of rotatable bonds is 3. The van der Waals surface area contributed by atoms with Gasteiger partial charge in [-0.05, 0) is 117 Å². The predicted octanol–water partition coefficient (Wildman–Crippen LogP) is 13.8. The highest BCUT2D eigenvalue weighted by Crippen LogP contribution is 2.50. The zero-order chi connectivity index (χ0) is 40.2. The predicted molar refractivity (Wildman–Crippen MR) is 257 cm³/mol. The number of anilines is 2. The summed E-state index contributed by atoms with van der Waals surface area (Å²) in [7, 11) is 0.854. The van der Waals surface area contributed by atoms with Gasteiger partial charge in [0.05, 0.1) is 5.52 Å². The van der Waals surface area contributed by atoms with E-state index in [0.717, 1.165) is 34.9 Å². The Labute approximate surface area is 349 Å². The van der Waals surface area contributed by atoms with Gasteiger partial charge >= 0.3 is 0 Å². The molecule has 3 aromatic heterocycles. The molecule has 59 heavy (non-hydrogen) atoms. The van der Waals surface area contributed by atoms with Gasteiger partial charge in [0.15, 0.2) is 7.28 Å². The lowest BCUT2D eigenvalue weighted by molar-refractivity contribution is 0.332. The number of furan rings is 1. The molecular weight excluding hydrogens is 735 g/mol. The maximum absolute atomic E-state index is 6.53. The summed E-state index contributed by atoms with van der Waals surface area (Å²) in [4.78, 5) is 0. The van der Waals surface area contributed by atoms with Crippen LogP contribution in [-0.4, -0.2) is 11.8 Å². The van der Waals surface area contributed by atoms with E-state index in [1.54, 1.807) is 0 Å². The van der Waals surface area contributed by atoms with Crippen molar-refractivity contribution in [3.63, 3.8) is 0 Å². The molecule has 10 aromatic rings. The zero-order valence-electron chi connectivity index (χ0n) is 34.9. The highest BCUT2D eigenvalue weighted by Gasteiger charge is 2.38. The Morgan fingerprint density at radius 1 is 0.627 bits per heavy atom. The van der Waals surface area contributed by atoms with Crippen molar-refractivity contribution in [1.82, 2.24) is 4.57 Å². The van der Waals surface area contributed by atoms with Crippen molar-refractivity contribution < 1.29 is 4.42 Å². The molecule has 5 heteroatoms. The highest BCUT2D eigenvalue weighted by atomic mass is 32.1. The van der Waals surface area contributed by atoms with Crippen molar-refractivity contribution in [2.75, 3.05) is 5.32 Å². The van der Waals surface area contributed by atoms with Gasteiger partial charge in [-0.15, -0.1) is 11.3 Å². The second kappa shape index (κ2) is 11.9. The maximum atomic E-state index is 6.53. The molecule has 0 radical (unpaired) electrons. The SMILES string of the molecule is CC(C)(C)c1ccc(Nc2cc3c(cc2-c2ccc4c5cc6oc7ccccc7c6cc5n5c4c2Bc2cc4sc6ccccc6c4cc2-5)C(C)(C)CCC3(C)C)cc1. The largest absolute Gasteiger partial charge is 0.456 e. The molecule has 7 aromatic carbocycles. The van der Waals surface area contributed by atoms with Gasteiger partial charge in [-0.3, -0.25) is 0 Å². The molecule has 1 aliphatic heterocycles. The van der Waals surface area contributed by atoms with Crippen molar-refractivity contribution in [2.45, 2.75) is 77.6 Å². The third-order valence-electron chi connectivity index (χ3n) is 14.0. The number of nitrogens with zero attached hydrogens (tertiary/aromatic N) is 1. The Morgan fingerprint density at radius 2 is 1.36 bits per heavy atom. The van der Waals surface area contributed by atoms with Crippen molar-refractivity contribution in [3.05, 3.63) is 138 Å². The Morgan fingerprint density at radius 3 is 2.14 bits per heavy atom. The minimum atomic E-state index is 0.0684. The van der Waals surface area contributed by atoms with E-state index in [-0.39, 0.29) is 16.2 Å². The fourth-order valence-electron chi connectivity index (χ4n) is 10.6. The monoisotopic (exact) mass is 782 g/mol. The number of hydrogen-bond donors (Lipinski definition) is 1. The molecule has 1 N–H and O–H groups in total. The Balaban J connectivity index is 1.16. The molecule has 2 aliphatic rings. The lowest BCUT2D eigenvalue weighted by atomic mass is 9.58. The van der Waals surface area contributed by atoms with E-state index in [0.29, 0.717) is 0 Å². The van der Waals surface area contributed by atoms with Crippen molar-refractivity contribution >= 4 is 105 Å². The average molecular weight is 783 g/mol. The molecule has 3 nitrogen and oxygen atoms in total. The second-order valence-electron chi connectivity index (χ2n) is 19.7. The van der Waals surface area contributed by atoms with Crippen molar-refractivity contribution in [3.8, 4) is 16.8 Å². The summed E-state index contributed by atoms with van der Waals surface area (Å²) in [6, 6.07) is 46.0. The highest BCUT2D eigenvalue weighted by molar-refractivity contribution is 7.26. The van der Waals surface area contributed by atoms with Gasteiger partial charge < -0.3 is 14.3 Å². The van der Waals surface area contributed by atoms with E-state index in [2.05, 4.69) is 180 Å². The number of hydrogen-bond acceptors (Lipinski definition) is 3. The van der Waals surface area contributed by atoms with Gasteiger partial charge in [0, 0.05) is 69.9 Å². The van der Waals surface area contributed by atoms with Crippen molar-refractivity contribution in [2.24, 2.45) is 0 Å². The van der Waals surface area contributed by atoms with Crippen LogP contribution in [0, 0.1) is 0 Å². The number of nitrogens with one attached hydrogen (secondary N) is 1. The second-order valence-corrected chi connectivity index (χ2v) is 20.8. The number of para-hydroxylation sites is 1. The van der Waals surface area contributed by atoms with Gasteiger partial charge in [0.2, 0.25) is 0 Å². The fourth-order valence-corrected chi connectivity index (χ4v) is 11.7. The zero-order valence-corrected chi connectivity index (χ0v) is 35.7. The number of thiophene rings is 1. The van der Waals surface area contributed by atoms with Crippen LogP contribution in [0.5, 0.6) is 0 Å². The summed E-state index contributed by atoms with van der Waals surface area (Å²) in [6.45, 7) is 16.6. The molecule has 1 aliphatic carbocycles. The Hall–Kier alpha value is -5.78. The number of aromatic nitrogens is 1. The van der Waals surface area contributed by atoms with Gasteiger partial charge in [-0.25, -0.2) is 0 Å². The molecule has 0 amide bonds. The van der Waals surface area contributed by atoms with Crippen LogP contribution in [0.4, 0.5) is 11.4 Å². The lowest BCUT2D eigenvalue weighted by Crippen LogP contribution is -2.37. The molecule has 0 bridgehead atoms. The number of fused-ring (bicyclic) bond motifs is 12. The van der Waals surface area contributed by atoms with Gasteiger partial charge in [-0.1, -0.05) is 115 Å². The topological polar surface area (TPSA) is 30.1 Å². The van der Waals surface area contributed by atoms with E-state index in [1.807, 2.05) is 11.3 Å². The third-order valence-corrected chi connectivity index (χ3v) is 15.2. The quantitative estimate of drug-likeness (QED) is 0.181. The summed E-state index contributed by atoms with van der Waals surface area (Å²) in [6.07, 6.45) is 2.34. The molecule has 0 fully saturated rings. The van der Waals surface area contributed by atoms with Gasteiger partial charge in [-0.2, -0.15) is 0 Å².